The second kappa shape index (κ2) is 10.6. The molecule has 1 atom stereocenters. The molecule has 4 rings (SSSR count). The fourth-order valence-corrected chi connectivity index (χ4v) is 6.87. The quantitative estimate of drug-likeness (QED) is 0.426. The molecule has 0 radical (unpaired) electrons. The second-order valence-corrected chi connectivity index (χ2v) is 10.5. The summed E-state index contributed by atoms with van der Waals surface area (Å²) in [4.78, 5) is 28.0. The summed E-state index contributed by atoms with van der Waals surface area (Å²) in [6, 6.07) is -0.245. The van der Waals surface area contributed by atoms with Crippen molar-refractivity contribution in [3.8, 4) is 0 Å². The van der Waals surface area contributed by atoms with Gasteiger partial charge in [-0.25, -0.2) is 9.59 Å². The van der Waals surface area contributed by atoms with Crippen LogP contribution in [0, 0.1) is 5.21 Å². The molecule has 4 amide bonds. The first-order valence-corrected chi connectivity index (χ1v) is 12.9. The first kappa shape index (κ1) is 22.9. The number of amides is 4. The predicted octanol–water partition coefficient (Wildman–Crippen LogP) is 4.12. The summed E-state index contributed by atoms with van der Waals surface area (Å²) in [5.74, 6) is 0. The third-order valence-electron chi connectivity index (χ3n) is 7.35. The van der Waals surface area contributed by atoms with E-state index in [0.29, 0.717) is 25.7 Å². The van der Waals surface area contributed by atoms with Gasteiger partial charge >= 0.3 is 12.1 Å². The lowest BCUT2D eigenvalue weighted by Crippen LogP contribution is -2.54. The number of carbonyl (C=O) groups excluding carboxylic acids is 2. The van der Waals surface area contributed by atoms with Crippen molar-refractivity contribution in [1.29, 1.82) is 0 Å². The highest BCUT2D eigenvalue weighted by molar-refractivity contribution is 7.98. The maximum absolute atomic E-state index is 13.4. The topological polar surface area (TPSA) is 111 Å². The third kappa shape index (κ3) is 5.58. The summed E-state index contributed by atoms with van der Waals surface area (Å²) in [5.41, 5.74) is -0.433. The van der Waals surface area contributed by atoms with E-state index >= 15 is 0 Å². The lowest BCUT2D eigenvalue weighted by Gasteiger charge is -2.40. The van der Waals surface area contributed by atoms with Gasteiger partial charge in [-0.1, -0.05) is 38.5 Å². The molecule has 0 aromatic heterocycles. The van der Waals surface area contributed by atoms with Crippen LogP contribution in [0.3, 0.4) is 0 Å². The Morgan fingerprint density at radius 3 is 2.13 bits per heavy atom. The van der Waals surface area contributed by atoms with E-state index in [1.54, 1.807) is 0 Å². The van der Waals surface area contributed by atoms with E-state index in [1.807, 2.05) is 9.21 Å². The maximum atomic E-state index is 13.4. The Hall–Kier alpha value is -1.23. The van der Waals surface area contributed by atoms with E-state index in [2.05, 4.69) is 10.6 Å². The zero-order chi connectivity index (χ0) is 21.8. The highest BCUT2D eigenvalue weighted by Crippen LogP contribution is 2.40. The van der Waals surface area contributed by atoms with Crippen molar-refractivity contribution < 1.29 is 14.8 Å². The minimum Gasteiger partial charge on any atom is -0.762 e. The first-order valence-electron chi connectivity index (χ1n) is 12.0. The molecule has 1 unspecified atom stereocenters. The van der Waals surface area contributed by atoms with Crippen molar-refractivity contribution in [3.05, 3.63) is 5.21 Å². The van der Waals surface area contributed by atoms with Gasteiger partial charge in [0.15, 0.2) is 5.50 Å². The molecule has 0 aromatic rings. The second-order valence-electron chi connectivity index (χ2n) is 9.48. The molecule has 3 N–H and O–H groups in total. The summed E-state index contributed by atoms with van der Waals surface area (Å²) in [5, 5.41) is 26.7. The molecule has 0 spiro atoms. The van der Waals surface area contributed by atoms with E-state index in [4.69, 9.17) is 0 Å². The van der Waals surface area contributed by atoms with E-state index in [1.165, 1.54) is 24.8 Å². The van der Waals surface area contributed by atoms with Crippen molar-refractivity contribution in [3.63, 3.8) is 0 Å². The van der Waals surface area contributed by atoms with Gasteiger partial charge in [0.05, 0.1) is 0 Å². The van der Waals surface area contributed by atoms with E-state index < -0.39 is 11.5 Å². The minimum atomic E-state index is -0.433. The van der Waals surface area contributed by atoms with E-state index in [9.17, 15) is 20.0 Å². The first-order chi connectivity index (χ1) is 15.0. The molecule has 4 fully saturated rings. The smallest absolute Gasteiger partial charge is 0.333 e. The number of nitrogens with zero attached hydrogens (tertiary/aromatic N) is 3. The van der Waals surface area contributed by atoms with Gasteiger partial charge in [-0.15, -0.1) is 0 Å². The normalized spacial score (nSPS) is 31.3. The highest BCUT2D eigenvalue weighted by atomic mass is 32.2. The molecular weight excluding hydrogens is 418 g/mol. The van der Waals surface area contributed by atoms with Crippen LogP contribution in [0.1, 0.15) is 89.9 Å². The van der Waals surface area contributed by atoms with Crippen LogP contribution in [0.2, 0.25) is 0 Å². The molecule has 0 bridgehead atoms. The van der Waals surface area contributed by atoms with Crippen LogP contribution in [-0.4, -0.2) is 61.4 Å². The fourth-order valence-electron chi connectivity index (χ4n) is 5.56. The van der Waals surface area contributed by atoms with E-state index in [0.717, 1.165) is 51.4 Å². The number of hydroxylamine groups is 2. The number of hydrogen-bond acceptors (Lipinski definition) is 6. The summed E-state index contributed by atoms with van der Waals surface area (Å²) < 4.78 is 1.89. The molecule has 3 aliphatic carbocycles. The number of urea groups is 2. The van der Waals surface area contributed by atoms with Crippen molar-refractivity contribution in [2.75, 3.05) is 0 Å². The lowest BCUT2D eigenvalue weighted by atomic mass is 9.90. The van der Waals surface area contributed by atoms with Gasteiger partial charge in [-0.2, -0.15) is 0 Å². The Morgan fingerprint density at radius 1 is 0.903 bits per heavy atom. The third-order valence-corrected chi connectivity index (χ3v) is 8.57. The molecule has 1 heterocycles. The molecule has 0 aromatic carbocycles. The van der Waals surface area contributed by atoms with Crippen molar-refractivity contribution in [2.45, 2.75) is 120 Å². The van der Waals surface area contributed by atoms with Crippen molar-refractivity contribution >= 4 is 24.0 Å². The van der Waals surface area contributed by atoms with Gasteiger partial charge in [0.25, 0.3) is 0 Å². The molecule has 176 valence electrons. The molecule has 9 nitrogen and oxygen atoms in total. The Balaban J connectivity index is 1.42. The van der Waals surface area contributed by atoms with Gasteiger partial charge in [0.2, 0.25) is 0 Å². The Morgan fingerprint density at radius 2 is 1.52 bits per heavy atom. The van der Waals surface area contributed by atoms with Gasteiger partial charge in [0, 0.05) is 36.1 Å². The van der Waals surface area contributed by atoms with Crippen LogP contribution in [0.4, 0.5) is 9.59 Å². The molecule has 1 aliphatic heterocycles. The average Bonchev–Trinajstić information content (AvgIpc) is 3.10. The number of rotatable bonds is 5. The van der Waals surface area contributed by atoms with Gasteiger partial charge < -0.3 is 21.0 Å². The fraction of sp³-hybridized carbons (Fsp3) is 0.905. The summed E-state index contributed by atoms with van der Waals surface area (Å²) in [6.07, 6.45) is 13.4. The summed E-state index contributed by atoms with van der Waals surface area (Å²) in [7, 11) is 0. The van der Waals surface area contributed by atoms with Crippen LogP contribution in [0.25, 0.3) is 0 Å². The van der Waals surface area contributed by atoms with Crippen LogP contribution >= 0.6 is 11.9 Å². The Kier molecular flexibility index (Phi) is 7.84. The highest BCUT2D eigenvalue weighted by Gasteiger charge is 2.46. The zero-order valence-corrected chi connectivity index (χ0v) is 19.0. The Labute approximate surface area is 188 Å². The van der Waals surface area contributed by atoms with Crippen molar-refractivity contribution in [2.24, 2.45) is 0 Å². The Bertz CT molecular complexity index is 619. The van der Waals surface area contributed by atoms with Gasteiger partial charge in [-0.3, -0.25) is 14.4 Å². The van der Waals surface area contributed by atoms with Crippen LogP contribution in [-0.2, 0) is 0 Å². The number of hydrogen-bond donors (Lipinski definition) is 3. The molecule has 3 saturated carbocycles. The largest absolute Gasteiger partial charge is 0.762 e. The van der Waals surface area contributed by atoms with Crippen LogP contribution in [0.15, 0.2) is 0 Å². The van der Waals surface area contributed by atoms with Crippen LogP contribution < -0.4 is 10.6 Å². The van der Waals surface area contributed by atoms with Gasteiger partial charge in [0.1, 0.15) is 0 Å². The zero-order valence-electron chi connectivity index (χ0n) is 18.2. The maximum Gasteiger partial charge on any atom is 0.333 e. The predicted molar refractivity (Wildman–Crippen MR) is 119 cm³/mol. The minimum absolute atomic E-state index is 0.0219. The molecule has 31 heavy (non-hydrogen) atoms. The SMILES string of the molecule is O=C(NC1CCCCC1)NC1SN(C2CCCCC2)C(=O)N1C1CCC(N([O-])O)CC1. The van der Waals surface area contributed by atoms with Crippen LogP contribution in [0.5, 0.6) is 0 Å². The molecule has 10 heteroatoms. The van der Waals surface area contributed by atoms with E-state index in [-0.39, 0.29) is 35.4 Å². The standard InChI is InChI=1S/C21H36N5O4S/c27-19(22-15-7-3-1-4-8-15)23-20-24(16-11-13-18(14-12-16)26(29)30)21(28)25(31-20)17-9-5-2-6-10-17/h15-18,20,29H,1-14H2,(H2,22,23,27)/q-1. The molecule has 4 aliphatic rings. The monoisotopic (exact) mass is 454 g/mol. The summed E-state index contributed by atoms with van der Waals surface area (Å²) >= 11 is 1.44. The lowest BCUT2D eigenvalue weighted by molar-refractivity contribution is -0.0925. The number of nitrogens with one attached hydrogen (secondary N) is 2. The van der Waals surface area contributed by atoms with Gasteiger partial charge in [-0.05, 0) is 51.4 Å². The number of carbonyl (C=O) groups is 2. The molecule has 1 saturated heterocycles. The summed E-state index contributed by atoms with van der Waals surface area (Å²) in [6.45, 7) is 0. The molecular formula is C21H36N5O4S-. The average molecular weight is 455 g/mol. The van der Waals surface area contributed by atoms with Crippen molar-refractivity contribution in [1.82, 2.24) is 25.1 Å².